The van der Waals surface area contributed by atoms with E-state index in [1.807, 2.05) is 11.8 Å². The number of halogens is 1. The number of carbonyl (C=O) groups is 1. The molecule has 2 N–H and O–H groups in total. The minimum Gasteiger partial charge on any atom is -0.339 e. The summed E-state index contributed by atoms with van der Waals surface area (Å²) < 4.78 is 27.3. The van der Waals surface area contributed by atoms with E-state index in [1.54, 1.807) is 16.4 Å². The molecule has 2 aliphatic heterocycles. The third-order valence-electron chi connectivity index (χ3n) is 5.19. The number of likely N-dealkylation sites (tertiary alicyclic amines) is 1. The predicted molar refractivity (Wildman–Crippen MR) is 106 cm³/mol. The lowest BCUT2D eigenvalue weighted by Gasteiger charge is -2.25. The Hall–Kier alpha value is -0.670. The molecule has 2 unspecified atom stereocenters. The first-order chi connectivity index (χ1) is 11.9. The van der Waals surface area contributed by atoms with Crippen LogP contribution >= 0.6 is 23.7 Å². The summed E-state index contributed by atoms with van der Waals surface area (Å²) in [6.45, 7) is 4.56. The Balaban J connectivity index is 0.00000243. The maximum Gasteiger partial charge on any atom is 0.252 e. The van der Waals surface area contributed by atoms with Crippen LogP contribution in [-0.4, -0.2) is 55.8 Å². The van der Waals surface area contributed by atoms with Crippen molar-refractivity contribution in [3.8, 4) is 0 Å². The van der Waals surface area contributed by atoms with E-state index in [9.17, 15) is 13.2 Å². The lowest BCUT2D eigenvalue weighted by atomic mass is 10.1. The molecule has 1 aromatic heterocycles. The second kappa shape index (κ2) is 9.01. The maximum atomic E-state index is 12.7. The van der Waals surface area contributed by atoms with Crippen LogP contribution in [0, 0.1) is 5.92 Å². The first kappa shape index (κ1) is 21.6. The number of piperidine rings is 1. The van der Waals surface area contributed by atoms with Crippen molar-refractivity contribution in [1.29, 1.82) is 0 Å². The summed E-state index contributed by atoms with van der Waals surface area (Å²) in [5.41, 5.74) is 5.73. The zero-order valence-corrected chi connectivity index (χ0v) is 17.5. The fourth-order valence-corrected chi connectivity index (χ4v) is 6.75. The van der Waals surface area contributed by atoms with Gasteiger partial charge in [-0.15, -0.1) is 23.7 Å². The topological polar surface area (TPSA) is 83.7 Å². The van der Waals surface area contributed by atoms with E-state index in [1.165, 1.54) is 11.3 Å². The van der Waals surface area contributed by atoms with E-state index < -0.39 is 10.0 Å². The number of carbonyl (C=O) groups excluding carboxylic acids is 1. The molecule has 0 bridgehead atoms. The zero-order chi connectivity index (χ0) is 18.0. The molecule has 9 heteroatoms. The van der Waals surface area contributed by atoms with Crippen molar-refractivity contribution in [3.63, 3.8) is 0 Å². The van der Waals surface area contributed by atoms with Gasteiger partial charge in [-0.1, -0.05) is 6.42 Å². The van der Waals surface area contributed by atoms with Crippen LogP contribution in [0.2, 0.25) is 0 Å². The Bertz CT molecular complexity index is 717. The largest absolute Gasteiger partial charge is 0.339 e. The van der Waals surface area contributed by atoms with Crippen molar-refractivity contribution in [2.24, 2.45) is 11.7 Å². The Morgan fingerprint density at radius 1 is 1.27 bits per heavy atom. The molecule has 3 rings (SSSR count). The highest BCUT2D eigenvalue weighted by Gasteiger charge is 2.32. The normalized spacial score (nSPS) is 24.5. The number of amides is 1. The van der Waals surface area contributed by atoms with Gasteiger partial charge in [0, 0.05) is 30.6 Å². The van der Waals surface area contributed by atoms with Crippen molar-refractivity contribution in [1.82, 2.24) is 9.21 Å². The van der Waals surface area contributed by atoms with Gasteiger partial charge in [-0.25, -0.2) is 8.42 Å². The fourth-order valence-electron chi connectivity index (χ4n) is 3.74. The first-order valence-corrected chi connectivity index (χ1v) is 11.3. The molecule has 26 heavy (non-hydrogen) atoms. The summed E-state index contributed by atoms with van der Waals surface area (Å²) in [7, 11) is -3.41. The SMILES string of the molecule is CC1CC(CN)CN1C(=O)Cc1ccc(S(=O)(=O)N2CCCCC2)s1.Cl. The number of nitrogens with two attached hydrogens (primary N) is 1. The minimum atomic E-state index is -3.41. The van der Waals surface area contributed by atoms with Crippen LogP contribution in [0.15, 0.2) is 16.3 Å². The Morgan fingerprint density at radius 3 is 2.58 bits per heavy atom. The van der Waals surface area contributed by atoms with Gasteiger partial charge < -0.3 is 10.6 Å². The van der Waals surface area contributed by atoms with Crippen LogP contribution < -0.4 is 5.73 Å². The molecule has 6 nitrogen and oxygen atoms in total. The molecular weight excluding hydrogens is 394 g/mol. The van der Waals surface area contributed by atoms with Crippen molar-refractivity contribution < 1.29 is 13.2 Å². The molecule has 0 aliphatic carbocycles. The van der Waals surface area contributed by atoms with Crippen molar-refractivity contribution in [2.75, 3.05) is 26.2 Å². The molecule has 0 radical (unpaired) electrons. The Kier molecular flexibility index (Phi) is 7.50. The van der Waals surface area contributed by atoms with Gasteiger partial charge in [0.05, 0.1) is 6.42 Å². The second-order valence-electron chi connectivity index (χ2n) is 7.09. The number of sulfonamides is 1. The molecule has 3 heterocycles. The third kappa shape index (κ3) is 4.59. The van der Waals surface area contributed by atoms with Crippen LogP contribution in [0.25, 0.3) is 0 Å². The third-order valence-corrected chi connectivity index (χ3v) is 8.64. The standard InChI is InChI=1S/C17H27N3O3S2.ClH/c1-13-9-14(11-18)12-20(13)16(21)10-15-5-6-17(24-15)25(22,23)19-7-3-2-4-8-19;/h5-6,13-14H,2-4,7-12,18H2,1H3;1H. The van der Waals surface area contributed by atoms with E-state index in [-0.39, 0.29) is 30.8 Å². The lowest BCUT2D eigenvalue weighted by Crippen LogP contribution is -2.35. The van der Waals surface area contributed by atoms with E-state index in [0.29, 0.717) is 36.3 Å². The number of nitrogens with zero attached hydrogens (tertiary/aromatic N) is 2. The van der Waals surface area contributed by atoms with Gasteiger partial charge in [-0.3, -0.25) is 4.79 Å². The van der Waals surface area contributed by atoms with Crippen molar-refractivity contribution >= 4 is 39.7 Å². The summed E-state index contributed by atoms with van der Waals surface area (Å²) in [6, 6.07) is 3.63. The zero-order valence-electron chi connectivity index (χ0n) is 15.1. The van der Waals surface area contributed by atoms with Crippen LogP contribution in [0.1, 0.15) is 37.5 Å². The average molecular weight is 422 g/mol. The summed E-state index contributed by atoms with van der Waals surface area (Å²) in [5, 5.41) is 0. The van der Waals surface area contributed by atoms with Gasteiger partial charge in [0.25, 0.3) is 10.0 Å². The molecule has 0 spiro atoms. The Labute approximate surface area is 166 Å². The van der Waals surface area contributed by atoms with Gasteiger partial charge in [0.2, 0.25) is 5.91 Å². The summed E-state index contributed by atoms with van der Waals surface area (Å²) in [5.74, 6) is 0.435. The van der Waals surface area contributed by atoms with Crippen LogP contribution in [-0.2, 0) is 21.2 Å². The number of rotatable bonds is 5. The highest BCUT2D eigenvalue weighted by atomic mass is 35.5. The molecule has 0 aromatic carbocycles. The number of hydrogen-bond acceptors (Lipinski definition) is 5. The molecule has 1 aromatic rings. The smallest absolute Gasteiger partial charge is 0.252 e. The van der Waals surface area contributed by atoms with E-state index in [2.05, 4.69) is 0 Å². The van der Waals surface area contributed by atoms with Crippen LogP contribution in [0.3, 0.4) is 0 Å². The molecule has 1 amide bonds. The highest BCUT2D eigenvalue weighted by Crippen LogP contribution is 2.29. The monoisotopic (exact) mass is 421 g/mol. The van der Waals surface area contributed by atoms with Crippen molar-refractivity contribution in [2.45, 2.75) is 49.3 Å². The second-order valence-corrected chi connectivity index (χ2v) is 10.4. The van der Waals surface area contributed by atoms with E-state index in [4.69, 9.17) is 5.73 Å². The first-order valence-electron chi connectivity index (χ1n) is 9.00. The number of hydrogen-bond donors (Lipinski definition) is 1. The fraction of sp³-hybridized carbons (Fsp3) is 0.706. The number of thiophene rings is 1. The lowest BCUT2D eigenvalue weighted by molar-refractivity contribution is -0.131. The minimum absolute atomic E-state index is 0. The van der Waals surface area contributed by atoms with Gasteiger partial charge >= 0.3 is 0 Å². The van der Waals surface area contributed by atoms with Gasteiger partial charge in [-0.05, 0) is 50.8 Å². The highest BCUT2D eigenvalue weighted by molar-refractivity contribution is 7.91. The van der Waals surface area contributed by atoms with Gasteiger partial charge in [-0.2, -0.15) is 4.31 Å². The molecule has 0 saturated carbocycles. The summed E-state index contributed by atoms with van der Waals surface area (Å²) in [4.78, 5) is 15.3. The van der Waals surface area contributed by atoms with Crippen LogP contribution in [0.5, 0.6) is 0 Å². The van der Waals surface area contributed by atoms with Crippen LogP contribution in [0.4, 0.5) is 0 Å². The molecule has 2 aliphatic rings. The predicted octanol–water partition coefficient (Wildman–Crippen LogP) is 2.08. The molecule has 2 fully saturated rings. The van der Waals surface area contributed by atoms with Gasteiger partial charge in [0.15, 0.2) is 0 Å². The Morgan fingerprint density at radius 2 is 1.96 bits per heavy atom. The molecule has 2 saturated heterocycles. The molecule has 2 atom stereocenters. The summed E-state index contributed by atoms with van der Waals surface area (Å²) >= 11 is 1.23. The van der Waals surface area contributed by atoms with E-state index in [0.717, 1.165) is 30.6 Å². The quantitative estimate of drug-likeness (QED) is 0.788. The average Bonchev–Trinajstić information content (AvgIpc) is 3.22. The van der Waals surface area contributed by atoms with Crippen molar-refractivity contribution in [3.05, 3.63) is 17.0 Å². The molecular formula is C17H28ClN3O3S2. The maximum absolute atomic E-state index is 12.7. The summed E-state index contributed by atoms with van der Waals surface area (Å²) in [6.07, 6.45) is 4.15. The van der Waals surface area contributed by atoms with E-state index >= 15 is 0 Å². The van der Waals surface area contributed by atoms with Gasteiger partial charge in [0.1, 0.15) is 4.21 Å². The molecule has 148 valence electrons.